The predicted molar refractivity (Wildman–Crippen MR) is 85.2 cm³/mol. The van der Waals surface area contributed by atoms with E-state index >= 15 is 0 Å². The van der Waals surface area contributed by atoms with Gasteiger partial charge in [-0.15, -0.1) is 0 Å². The number of hydrogen-bond acceptors (Lipinski definition) is 5. The van der Waals surface area contributed by atoms with Gasteiger partial charge in [0.05, 0.1) is 5.56 Å². The molecule has 0 atom stereocenters. The summed E-state index contributed by atoms with van der Waals surface area (Å²) in [5.74, 6) is 0.890. The van der Waals surface area contributed by atoms with Crippen LogP contribution in [0.5, 0.6) is 0 Å². The summed E-state index contributed by atoms with van der Waals surface area (Å²) in [6, 6.07) is 4.11. The van der Waals surface area contributed by atoms with Crippen molar-refractivity contribution in [1.82, 2.24) is 4.98 Å². The molecule has 3 N–H and O–H groups in total. The van der Waals surface area contributed by atoms with Crippen molar-refractivity contribution in [2.45, 2.75) is 25.8 Å². The molecule has 110 valence electrons. The highest BCUT2D eigenvalue weighted by molar-refractivity contribution is 7.07. The average molecular weight is 302 g/mol. The van der Waals surface area contributed by atoms with Gasteiger partial charge in [-0.3, -0.25) is 0 Å². The zero-order valence-electron chi connectivity index (χ0n) is 11.9. The summed E-state index contributed by atoms with van der Waals surface area (Å²) >= 11 is 1.68. The van der Waals surface area contributed by atoms with Crippen LogP contribution in [0.1, 0.15) is 28.8 Å². The standard InChI is InChI=1S/C15H18N4OS/c1-19(8-10-5-6-21-9-10)15-12(14(16)18-20)7-11-3-2-4-13(11)17-15/h5-7,9,20H,2-4,8H2,1H3,(H2,16,18). The number of fused-ring (bicyclic) bond motifs is 1. The van der Waals surface area contributed by atoms with Crippen molar-refractivity contribution in [2.24, 2.45) is 10.9 Å². The highest BCUT2D eigenvalue weighted by atomic mass is 32.1. The van der Waals surface area contributed by atoms with Crippen LogP contribution in [0.15, 0.2) is 28.0 Å². The lowest BCUT2D eigenvalue weighted by molar-refractivity contribution is 0.318. The van der Waals surface area contributed by atoms with Crippen molar-refractivity contribution < 1.29 is 5.21 Å². The third-order valence-corrected chi connectivity index (χ3v) is 4.51. The highest BCUT2D eigenvalue weighted by Crippen LogP contribution is 2.27. The maximum Gasteiger partial charge on any atom is 0.173 e. The molecule has 0 unspecified atom stereocenters. The normalized spacial score (nSPS) is 14.2. The van der Waals surface area contributed by atoms with Gasteiger partial charge in [-0.05, 0) is 53.3 Å². The molecule has 3 rings (SSSR count). The molecule has 0 saturated carbocycles. The van der Waals surface area contributed by atoms with Gasteiger partial charge in [-0.1, -0.05) is 5.16 Å². The molecular formula is C15H18N4OS. The van der Waals surface area contributed by atoms with Crippen LogP contribution >= 0.6 is 11.3 Å². The molecule has 0 aromatic carbocycles. The molecule has 2 aromatic heterocycles. The summed E-state index contributed by atoms with van der Waals surface area (Å²) in [5.41, 5.74) is 10.1. The first-order valence-corrected chi connectivity index (χ1v) is 7.86. The molecule has 0 spiro atoms. The van der Waals surface area contributed by atoms with Crippen LogP contribution in [-0.4, -0.2) is 23.1 Å². The number of aryl methyl sites for hydroxylation is 2. The van der Waals surface area contributed by atoms with E-state index in [1.165, 1.54) is 11.1 Å². The van der Waals surface area contributed by atoms with Crippen LogP contribution in [0.4, 0.5) is 5.82 Å². The smallest absolute Gasteiger partial charge is 0.173 e. The second kappa shape index (κ2) is 5.73. The average Bonchev–Trinajstić information content (AvgIpc) is 3.15. The monoisotopic (exact) mass is 302 g/mol. The lowest BCUT2D eigenvalue weighted by atomic mass is 10.1. The van der Waals surface area contributed by atoms with Crippen LogP contribution in [0, 0.1) is 0 Å². The lowest BCUT2D eigenvalue weighted by Crippen LogP contribution is -2.24. The summed E-state index contributed by atoms with van der Waals surface area (Å²) < 4.78 is 0. The molecule has 1 aliphatic carbocycles. The van der Waals surface area contributed by atoms with Crippen LogP contribution in [0.25, 0.3) is 0 Å². The van der Waals surface area contributed by atoms with Crippen molar-refractivity contribution in [1.29, 1.82) is 0 Å². The first kappa shape index (κ1) is 13.9. The second-order valence-corrected chi connectivity index (χ2v) is 6.07. The zero-order valence-corrected chi connectivity index (χ0v) is 12.7. The SMILES string of the molecule is CN(Cc1ccsc1)c1nc2c(cc1C(N)=NO)CCC2. The fraction of sp³-hybridized carbons (Fsp3) is 0.333. The molecule has 2 heterocycles. The zero-order chi connectivity index (χ0) is 14.8. The van der Waals surface area contributed by atoms with E-state index in [0.29, 0.717) is 5.56 Å². The molecule has 1 aliphatic rings. The van der Waals surface area contributed by atoms with Crippen molar-refractivity contribution in [2.75, 3.05) is 11.9 Å². The van der Waals surface area contributed by atoms with E-state index in [1.54, 1.807) is 11.3 Å². The number of hydrogen-bond donors (Lipinski definition) is 2. The molecule has 0 bridgehead atoms. The van der Waals surface area contributed by atoms with E-state index in [1.807, 2.05) is 18.0 Å². The Morgan fingerprint density at radius 1 is 1.52 bits per heavy atom. The van der Waals surface area contributed by atoms with E-state index in [0.717, 1.165) is 37.3 Å². The Morgan fingerprint density at radius 3 is 3.10 bits per heavy atom. The van der Waals surface area contributed by atoms with Gasteiger partial charge < -0.3 is 15.8 Å². The number of nitrogens with two attached hydrogens (primary N) is 1. The molecule has 0 fully saturated rings. The van der Waals surface area contributed by atoms with Crippen molar-refractivity contribution in [3.05, 3.63) is 45.3 Å². The number of thiophene rings is 1. The van der Waals surface area contributed by atoms with E-state index in [9.17, 15) is 0 Å². The molecule has 0 aliphatic heterocycles. The summed E-state index contributed by atoms with van der Waals surface area (Å²) in [7, 11) is 1.98. The fourth-order valence-electron chi connectivity index (χ4n) is 2.73. The fourth-order valence-corrected chi connectivity index (χ4v) is 3.39. The van der Waals surface area contributed by atoms with Gasteiger partial charge in [0.2, 0.25) is 0 Å². The minimum absolute atomic E-state index is 0.115. The van der Waals surface area contributed by atoms with Crippen LogP contribution in [0.2, 0.25) is 0 Å². The molecule has 2 aromatic rings. The molecular weight excluding hydrogens is 284 g/mol. The number of amidine groups is 1. The molecule has 21 heavy (non-hydrogen) atoms. The van der Waals surface area contributed by atoms with Gasteiger partial charge in [0.1, 0.15) is 5.82 Å². The maximum atomic E-state index is 9.02. The van der Waals surface area contributed by atoms with Crippen LogP contribution in [-0.2, 0) is 19.4 Å². The molecule has 0 radical (unpaired) electrons. The Labute approximate surface area is 127 Å². The Kier molecular flexibility index (Phi) is 3.79. The van der Waals surface area contributed by atoms with E-state index < -0.39 is 0 Å². The largest absolute Gasteiger partial charge is 0.409 e. The number of aromatic nitrogens is 1. The van der Waals surface area contributed by atoms with Gasteiger partial charge in [-0.25, -0.2) is 4.98 Å². The third-order valence-electron chi connectivity index (χ3n) is 3.78. The minimum Gasteiger partial charge on any atom is -0.409 e. The Bertz CT molecular complexity index is 667. The van der Waals surface area contributed by atoms with E-state index in [-0.39, 0.29) is 5.84 Å². The van der Waals surface area contributed by atoms with E-state index in [2.05, 4.69) is 22.0 Å². The third kappa shape index (κ3) is 2.71. The first-order valence-electron chi connectivity index (χ1n) is 6.92. The van der Waals surface area contributed by atoms with Crippen LogP contribution in [0.3, 0.4) is 0 Å². The second-order valence-electron chi connectivity index (χ2n) is 5.29. The van der Waals surface area contributed by atoms with Gasteiger partial charge in [0, 0.05) is 19.3 Å². The predicted octanol–water partition coefficient (Wildman–Crippen LogP) is 2.36. The lowest BCUT2D eigenvalue weighted by Gasteiger charge is -2.21. The number of pyridine rings is 1. The summed E-state index contributed by atoms with van der Waals surface area (Å²) in [6.07, 6.45) is 3.14. The Hall–Kier alpha value is -2.08. The van der Waals surface area contributed by atoms with Gasteiger partial charge in [0.15, 0.2) is 5.84 Å². The number of oxime groups is 1. The number of nitrogens with zero attached hydrogens (tertiary/aromatic N) is 3. The first-order chi connectivity index (χ1) is 10.2. The summed E-state index contributed by atoms with van der Waals surface area (Å²) in [6.45, 7) is 0.751. The van der Waals surface area contributed by atoms with Gasteiger partial charge in [0.25, 0.3) is 0 Å². The topological polar surface area (TPSA) is 74.7 Å². The Balaban J connectivity index is 1.99. The van der Waals surface area contributed by atoms with Crippen LogP contribution < -0.4 is 10.6 Å². The maximum absolute atomic E-state index is 9.02. The summed E-state index contributed by atoms with van der Waals surface area (Å²) in [4.78, 5) is 6.81. The molecule has 0 saturated heterocycles. The quantitative estimate of drug-likeness (QED) is 0.393. The van der Waals surface area contributed by atoms with Crippen molar-refractivity contribution >= 4 is 23.0 Å². The molecule has 6 heteroatoms. The van der Waals surface area contributed by atoms with Gasteiger partial charge in [-0.2, -0.15) is 11.3 Å². The highest BCUT2D eigenvalue weighted by Gasteiger charge is 2.20. The summed E-state index contributed by atoms with van der Waals surface area (Å²) in [5, 5.41) is 16.3. The van der Waals surface area contributed by atoms with Crippen molar-refractivity contribution in [3.8, 4) is 0 Å². The molecule has 5 nitrogen and oxygen atoms in total. The number of anilines is 1. The Morgan fingerprint density at radius 2 is 2.38 bits per heavy atom. The number of rotatable bonds is 4. The van der Waals surface area contributed by atoms with Gasteiger partial charge >= 0.3 is 0 Å². The minimum atomic E-state index is 0.115. The molecule has 0 amide bonds. The van der Waals surface area contributed by atoms with E-state index in [4.69, 9.17) is 15.9 Å². The van der Waals surface area contributed by atoms with Crippen molar-refractivity contribution in [3.63, 3.8) is 0 Å².